The summed E-state index contributed by atoms with van der Waals surface area (Å²) < 4.78 is 6.95. The first-order valence-corrected chi connectivity index (χ1v) is 7.93. The van der Waals surface area contributed by atoms with Crippen LogP contribution in [0.25, 0.3) is 0 Å². The third-order valence-corrected chi connectivity index (χ3v) is 3.59. The Morgan fingerprint density at radius 2 is 2.00 bits per heavy atom. The maximum atomic E-state index is 12.1. The number of nitrogens with zero attached hydrogens (tertiary/aromatic N) is 2. The molecular formula is C18H23N3O3. The fraction of sp³-hybridized carbons (Fsp3) is 0.389. The predicted molar refractivity (Wildman–Crippen MR) is 91.7 cm³/mol. The van der Waals surface area contributed by atoms with E-state index in [1.165, 1.54) is 0 Å². The number of benzene rings is 1. The number of anilines is 1. The molecule has 1 aromatic heterocycles. The van der Waals surface area contributed by atoms with Gasteiger partial charge in [0.1, 0.15) is 0 Å². The van der Waals surface area contributed by atoms with Gasteiger partial charge in [-0.05, 0) is 51.5 Å². The van der Waals surface area contributed by atoms with Crippen LogP contribution in [0.15, 0.2) is 30.3 Å². The monoisotopic (exact) mass is 329 g/mol. The molecular weight excluding hydrogens is 306 g/mol. The van der Waals surface area contributed by atoms with E-state index in [-0.39, 0.29) is 12.3 Å². The highest BCUT2D eigenvalue weighted by Crippen LogP contribution is 2.11. The topological polar surface area (TPSA) is 73.2 Å². The van der Waals surface area contributed by atoms with Crippen LogP contribution in [-0.4, -0.2) is 27.8 Å². The van der Waals surface area contributed by atoms with E-state index in [0.29, 0.717) is 12.2 Å². The average Bonchev–Trinajstić information content (AvgIpc) is 2.83. The molecule has 0 spiro atoms. The van der Waals surface area contributed by atoms with Crippen LogP contribution in [0.5, 0.6) is 0 Å². The van der Waals surface area contributed by atoms with Gasteiger partial charge < -0.3 is 10.1 Å². The zero-order chi connectivity index (χ0) is 17.7. The smallest absolute Gasteiger partial charge is 0.308 e. The van der Waals surface area contributed by atoms with E-state index in [1.54, 1.807) is 17.7 Å². The van der Waals surface area contributed by atoms with Crippen LogP contribution in [-0.2, 0) is 20.9 Å². The molecule has 0 fully saturated rings. The quantitative estimate of drug-likeness (QED) is 0.827. The molecule has 0 bridgehead atoms. The summed E-state index contributed by atoms with van der Waals surface area (Å²) in [5, 5.41) is 7.03. The van der Waals surface area contributed by atoms with Crippen LogP contribution in [0.3, 0.4) is 0 Å². The molecule has 2 aromatic rings. The Kier molecular flexibility index (Phi) is 5.73. The van der Waals surface area contributed by atoms with Crippen LogP contribution in [0.1, 0.15) is 30.3 Å². The Hall–Kier alpha value is -2.63. The van der Waals surface area contributed by atoms with Gasteiger partial charge in [-0.3, -0.25) is 14.3 Å². The molecule has 1 aromatic carbocycles. The van der Waals surface area contributed by atoms with Crippen molar-refractivity contribution in [2.24, 2.45) is 0 Å². The van der Waals surface area contributed by atoms with E-state index >= 15 is 0 Å². The van der Waals surface area contributed by atoms with Crippen LogP contribution >= 0.6 is 0 Å². The van der Waals surface area contributed by atoms with Gasteiger partial charge in [-0.1, -0.05) is 12.1 Å². The SMILES string of the molecule is Cc1cccc(NC(=O)C(C)OC(=O)CCn2nc(C)cc2C)c1. The maximum Gasteiger partial charge on any atom is 0.308 e. The van der Waals surface area contributed by atoms with Crippen molar-refractivity contribution < 1.29 is 14.3 Å². The number of esters is 1. The van der Waals surface area contributed by atoms with Crippen molar-refractivity contribution in [1.29, 1.82) is 0 Å². The summed E-state index contributed by atoms with van der Waals surface area (Å²) >= 11 is 0. The van der Waals surface area contributed by atoms with Crippen LogP contribution < -0.4 is 5.32 Å². The van der Waals surface area contributed by atoms with Gasteiger partial charge in [0.05, 0.1) is 18.7 Å². The summed E-state index contributed by atoms with van der Waals surface area (Å²) in [6.07, 6.45) is -0.678. The molecule has 0 saturated heterocycles. The van der Waals surface area contributed by atoms with Gasteiger partial charge in [-0.15, -0.1) is 0 Å². The second-order valence-electron chi connectivity index (χ2n) is 5.89. The van der Waals surface area contributed by atoms with Gasteiger partial charge in [-0.2, -0.15) is 5.10 Å². The number of ether oxygens (including phenoxy) is 1. The Morgan fingerprint density at radius 1 is 1.25 bits per heavy atom. The number of amides is 1. The first kappa shape index (κ1) is 17.7. The molecule has 1 N–H and O–H groups in total. The molecule has 6 nitrogen and oxygen atoms in total. The molecule has 1 unspecified atom stereocenters. The van der Waals surface area contributed by atoms with Crippen molar-refractivity contribution in [2.75, 3.05) is 5.32 Å². The number of carbonyl (C=O) groups is 2. The van der Waals surface area contributed by atoms with Crippen molar-refractivity contribution in [3.05, 3.63) is 47.3 Å². The summed E-state index contributed by atoms with van der Waals surface area (Å²) in [5.41, 5.74) is 3.63. The molecule has 2 rings (SSSR count). The first-order chi connectivity index (χ1) is 11.3. The summed E-state index contributed by atoms with van der Waals surface area (Å²) in [6, 6.07) is 9.40. The molecule has 1 atom stereocenters. The lowest BCUT2D eigenvalue weighted by molar-refractivity contribution is -0.153. The second-order valence-corrected chi connectivity index (χ2v) is 5.89. The largest absolute Gasteiger partial charge is 0.452 e. The highest BCUT2D eigenvalue weighted by molar-refractivity contribution is 5.95. The van der Waals surface area contributed by atoms with Gasteiger partial charge in [0.2, 0.25) is 0 Å². The Bertz CT molecular complexity index is 737. The van der Waals surface area contributed by atoms with Crippen LogP contribution in [0.2, 0.25) is 0 Å². The van der Waals surface area contributed by atoms with Gasteiger partial charge in [0.25, 0.3) is 5.91 Å². The zero-order valence-electron chi connectivity index (χ0n) is 14.5. The lowest BCUT2D eigenvalue weighted by Crippen LogP contribution is -2.30. The predicted octanol–water partition coefficient (Wildman–Crippen LogP) is 2.77. The summed E-state index contributed by atoms with van der Waals surface area (Å²) in [4.78, 5) is 24.0. The highest BCUT2D eigenvalue weighted by atomic mass is 16.5. The molecule has 0 radical (unpaired) electrons. The molecule has 6 heteroatoms. The normalized spacial score (nSPS) is 11.8. The number of rotatable bonds is 6. The fourth-order valence-electron chi connectivity index (χ4n) is 2.37. The third kappa shape index (κ3) is 4.94. The van der Waals surface area contributed by atoms with Crippen molar-refractivity contribution in [2.45, 2.75) is 46.8 Å². The lowest BCUT2D eigenvalue weighted by Gasteiger charge is -2.14. The summed E-state index contributed by atoms with van der Waals surface area (Å²) in [6.45, 7) is 7.78. The van der Waals surface area contributed by atoms with Gasteiger partial charge in [-0.25, -0.2) is 0 Å². The molecule has 0 aliphatic rings. The van der Waals surface area contributed by atoms with Crippen molar-refractivity contribution in [3.8, 4) is 0 Å². The standard InChI is InChI=1S/C18H23N3O3/c1-12-6-5-7-16(10-12)19-18(23)15(4)24-17(22)8-9-21-14(3)11-13(2)20-21/h5-7,10-11,15H,8-9H2,1-4H3,(H,19,23). The number of aryl methyl sites for hydroxylation is 4. The van der Waals surface area contributed by atoms with Crippen LogP contribution in [0, 0.1) is 20.8 Å². The summed E-state index contributed by atoms with van der Waals surface area (Å²) in [5.74, 6) is -0.769. The second kappa shape index (κ2) is 7.77. The van der Waals surface area contributed by atoms with Gasteiger partial charge in [0, 0.05) is 11.4 Å². The minimum absolute atomic E-state index is 0.171. The van der Waals surface area contributed by atoms with E-state index in [2.05, 4.69) is 10.4 Å². The first-order valence-electron chi connectivity index (χ1n) is 7.93. The minimum atomic E-state index is -0.849. The molecule has 0 aliphatic carbocycles. The molecule has 128 valence electrons. The molecule has 1 amide bonds. The fourth-order valence-corrected chi connectivity index (χ4v) is 2.37. The average molecular weight is 329 g/mol. The number of aromatic nitrogens is 2. The Morgan fingerprint density at radius 3 is 2.62 bits per heavy atom. The third-order valence-electron chi connectivity index (χ3n) is 3.59. The van der Waals surface area contributed by atoms with Gasteiger partial charge in [0.15, 0.2) is 6.10 Å². The van der Waals surface area contributed by atoms with Crippen molar-refractivity contribution in [1.82, 2.24) is 9.78 Å². The Labute approximate surface area is 141 Å². The highest BCUT2D eigenvalue weighted by Gasteiger charge is 2.18. The molecule has 0 saturated carbocycles. The van der Waals surface area contributed by atoms with Gasteiger partial charge >= 0.3 is 5.97 Å². The van der Waals surface area contributed by atoms with E-state index in [1.807, 2.05) is 45.0 Å². The summed E-state index contributed by atoms with van der Waals surface area (Å²) in [7, 11) is 0. The maximum absolute atomic E-state index is 12.1. The Balaban J connectivity index is 1.82. The van der Waals surface area contributed by atoms with E-state index < -0.39 is 12.1 Å². The lowest BCUT2D eigenvalue weighted by atomic mass is 10.2. The number of nitrogens with one attached hydrogen (secondary N) is 1. The zero-order valence-corrected chi connectivity index (χ0v) is 14.5. The van der Waals surface area contributed by atoms with E-state index in [4.69, 9.17) is 4.74 Å². The number of hydrogen-bond acceptors (Lipinski definition) is 4. The molecule has 24 heavy (non-hydrogen) atoms. The van der Waals surface area contributed by atoms with E-state index in [0.717, 1.165) is 17.0 Å². The van der Waals surface area contributed by atoms with E-state index in [9.17, 15) is 9.59 Å². The number of hydrogen-bond donors (Lipinski definition) is 1. The van der Waals surface area contributed by atoms with Crippen LogP contribution in [0.4, 0.5) is 5.69 Å². The minimum Gasteiger partial charge on any atom is -0.452 e. The molecule has 0 aliphatic heterocycles. The number of carbonyl (C=O) groups excluding carboxylic acids is 2. The molecule has 1 heterocycles. The van der Waals surface area contributed by atoms with Crippen molar-refractivity contribution in [3.63, 3.8) is 0 Å². The van der Waals surface area contributed by atoms with Crippen molar-refractivity contribution >= 4 is 17.6 Å².